The van der Waals surface area contributed by atoms with E-state index in [0.29, 0.717) is 13.1 Å². The van der Waals surface area contributed by atoms with Crippen molar-refractivity contribution in [2.75, 3.05) is 20.2 Å². The maximum atomic E-state index is 13.1. The highest BCUT2D eigenvalue weighted by atomic mass is 32.2. The van der Waals surface area contributed by atoms with Crippen LogP contribution in [0.3, 0.4) is 0 Å². The Kier molecular flexibility index (Phi) is 4.42. The second-order valence-electron chi connectivity index (χ2n) is 4.61. The van der Waals surface area contributed by atoms with Crippen LogP contribution in [0.25, 0.3) is 0 Å². The van der Waals surface area contributed by atoms with Gasteiger partial charge in [0.1, 0.15) is 16.5 Å². The van der Waals surface area contributed by atoms with Crippen molar-refractivity contribution in [2.45, 2.75) is 30.6 Å². The molecule has 0 bridgehead atoms. The van der Waals surface area contributed by atoms with E-state index in [2.05, 4.69) is 0 Å². The first kappa shape index (κ1) is 14.3. The highest BCUT2D eigenvalue weighted by Crippen LogP contribution is 2.28. The van der Waals surface area contributed by atoms with Crippen molar-refractivity contribution in [1.82, 2.24) is 4.31 Å². The maximum Gasteiger partial charge on any atom is 0.246 e. The first-order valence-corrected chi connectivity index (χ1v) is 7.83. The number of rotatable bonds is 3. The van der Waals surface area contributed by atoms with Gasteiger partial charge in [0.2, 0.25) is 10.0 Å². The number of nitrogens with zero attached hydrogens (tertiary/aromatic N) is 1. The molecule has 19 heavy (non-hydrogen) atoms. The molecule has 4 nitrogen and oxygen atoms in total. The van der Waals surface area contributed by atoms with Crippen molar-refractivity contribution in [3.8, 4) is 5.75 Å². The number of hydrogen-bond donors (Lipinski definition) is 0. The first-order valence-electron chi connectivity index (χ1n) is 6.39. The Labute approximate surface area is 113 Å². The molecule has 0 radical (unpaired) electrons. The normalized spacial score (nSPS) is 18.0. The number of hydrogen-bond acceptors (Lipinski definition) is 3. The average Bonchev–Trinajstić information content (AvgIpc) is 2.67. The van der Waals surface area contributed by atoms with E-state index in [9.17, 15) is 12.8 Å². The van der Waals surface area contributed by atoms with Crippen LogP contribution in [0.4, 0.5) is 4.39 Å². The Morgan fingerprint density at radius 1 is 1.16 bits per heavy atom. The Hall–Kier alpha value is -1.14. The average molecular weight is 287 g/mol. The summed E-state index contributed by atoms with van der Waals surface area (Å²) in [5.74, 6) is -0.448. The molecule has 0 aromatic heterocycles. The van der Waals surface area contributed by atoms with Crippen molar-refractivity contribution < 1.29 is 17.5 Å². The molecule has 6 heteroatoms. The van der Waals surface area contributed by atoms with E-state index >= 15 is 0 Å². The van der Waals surface area contributed by atoms with Gasteiger partial charge in [-0.2, -0.15) is 4.31 Å². The second-order valence-corrected chi connectivity index (χ2v) is 6.52. The quantitative estimate of drug-likeness (QED) is 0.857. The van der Waals surface area contributed by atoms with Crippen LogP contribution >= 0.6 is 0 Å². The molecule has 1 aliphatic heterocycles. The van der Waals surface area contributed by atoms with Gasteiger partial charge < -0.3 is 4.74 Å². The van der Waals surface area contributed by atoms with Crippen LogP contribution in [0, 0.1) is 5.82 Å². The van der Waals surface area contributed by atoms with Crippen molar-refractivity contribution in [3.05, 3.63) is 24.0 Å². The Bertz CT molecular complexity index is 537. The molecular weight excluding hydrogens is 269 g/mol. The molecule has 1 fully saturated rings. The third-order valence-corrected chi connectivity index (χ3v) is 5.25. The van der Waals surface area contributed by atoms with Crippen LogP contribution in [-0.2, 0) is 10.0 Å². The van der Waals surface area contributed by atoms with E-state index in [0.717, 1.165) is 37.8 Å². The number of ether oxygens (including phenoxy) is 1. The topological polar surface area (TPSA) is 46.6 Å². The molecule has 2 rings (SSSR count). The van der Waals surface area contributed by atoms with Gasteiger partial charge in [-0.05, 0) is 25.0 Å². The van der Waals surface area contributed by atoms with Crippen LogP contribution in [0.15, 0.2) is 23.1 Å². The SMILES string of the molecule is COc1cc(F)ccc1S(=O)(=O)N1CCCCCC1. The fourth-order valence-electron chi connectivity index (χ4n) is 2.28. The van der Waals surface area contributed by atoms with Crippen LogP contribution < -0.4 is 4.74 Å². The minimum Gasteiger partial charge on any atom is -0.495 e. The van der Waals surface area contributed by atoms with Crippen molar-refractivity contribution in [1.29, 1.82) is 0 Å². The Morgan fingerprint density at radius 2 is 1.79 bits per heavy atom. The molecule has 0 spiro atoms. The molecule has 0 atom stereocenters. The summed E-state index contributed by atoms with van der Waals surface area (Å²) in [7, 11) is -2.26. The van der Waals surface area contributed by atoms with Crippen LogP contribution in [-0.4, -0.2) is 32.9 Å². The summed E-state index contributed by atoms with van der Waals surface area (Å²) >= 11 is 0. The van der Waals surface area contributed by atoms with Crippen LogP contribution in [0.1, 0.15) is 25.7 Å². The number of halogens is 1. The van der Waals surface area contributed by atoms with E-state index in [-0.39, 0.29) is 10.6 Å². The zero-order valence-corrected chi connectivity index (χ0v) is 11.7. The Morgan fingerprint density at radius 3 is 2.37 bits per heavy atom. The summed E-state index contributed by atoms with van der Waals surface area (Å²) in [5.41, 5.74) is 0. The Balaban J connectivity index is 2.38. The lowest BCUT2D eigenvalue weighted by atomic mass is 10.2. The van der Waals surface area contributed by atoms with Crippen LogP contribution in [0.2, 0.25) is 0 Å². The highest BCUT2D eigenvalue weighted by molar-refractivity contribution is 7.89. The van der Waals surface area contributed by atoms with Crippen molar-refractivity contribution in [2.24, 2.45) is 0 Å². The highest BCUT2D eigenvalue weighted by Gasteiger charge is 2.28. The van der Waals surface area contributed by atoms with Gasteiger partial charge in [0, 0.05) is 19.2 Å². The molecule has 106 valence electrons. The number of methoxy groups -OCH3 is 1. The van der Waals surface area contributed by atoms with Gasteiger partial charge in [-0.15, -0.1) is 0 Å². The van der Waals surface area contributed by atoms with E-state index < -0.39 is 15.8 Å². The molecule has 1 aromatic rings. The number of benzene rings is 1. The van der Waals surface area contributed by atoms with Crippen molar-refractivity contribution in [3.63, 3.8) is 0 Å². The third-order valence-electron chi connectivity index (χ3n) is 3.31. The van der Waals surface area contributed by atoms with Gasteiger partial charge in [0.25, 0.3) is 0 Å². The van der Waals surface area contributed by atoms with E-state index in [1.54, 1.807) is 0 Å². The molecule has 0 aliphatic carbocycles. The van der Waals surface area contributed by atoms with Gasteiger partial charge in [0.15, 0.2) is 0 Å². The summed E-state index contributed by atoms with van der Waals surface area (Å²) < 4.78 is 44.7. The monoisotopic (exact) mass is 287 g/mol. The first-order chi connectivity index (χ1) is 9.05. The van der Waals surface area contributed by atoms with Gasteiger partial charge in [-0.3, -0.25) is 0 Å². The summed E-state index contributed by atoms with van der Waals surface area (Å²) in [4.78, 5) is 0.0401. The van der Waals surface area contributed by atoms with Gasteiger partial charge in [0.05, 0.1) is 7.11 Å². The summed E-state index contributed by atoms with van der Waals surface area (Å²) in [5, 5.41) is 0. The number of sulfonamides is 1. The smallest absolute Gasteiger partial charge is 0.246 e. The summed E-state index contributed by atoms with van der Waals surface area (Å²) in [6, 6.07) is 3.52. The standard InChI is InChI=1S/C13H18FNO3S/c1-18-12-10-11(14)6-7-13(12)19(16,17)15-8-4-2-3-5-9-15/h6-7,10H,2-5,8-9H2,1H3. The molecule has 0 N–H and O–H groups in total. The van der Waals surface area contributed by atoms with Gasteiger partial charge >= 0.3 is 0 Å². The molecule has 1 heterocycles. The summed E-state index contributed by atoms with van der Waals surface area (Å²) in [6.45, 7) is 1.03. The lowest BCUT2D eigenvalue weighted by Gasteiger charge is -2.21. The lowest BCUT2D eigenvalue weighted by molar-refractivity contribution is 0.389. The predicted octanol–water partition coefficient (Wildman–Crippen LogP) is 2.40. The predicted molar refractivity (Wildman–Crippen MR) is 70.2 cm³/mol. The van der Waals surface area contributed by atoms with E-state index in [1.165, 1.54) is 17.5 Å². The second kappa shape index (κ2) is 5.88. The largest absolute Gasteiger partial charge is 0.495 e. The fraction of sp³-hybridized carbons (Fsp3) is 0.538. The molecule has 0 unspecified atom stereocenters. The van der Waals surface area contributed by atoms with E-state index in [1.807, 2.05) is 0 Å². The molecular formula is C13H18FNO3S. The van der Waals surface area contributed by atoms with E-state index in [4.69, 9.17) is 4.74 Å². The molecule has 1 aromatic carbocycles. The molecule has 0 saturated carbocycles. The van der Waals surface area contributed by atoms with Crippen LogP contribution in [0.5, 0.6) is 5.75 Å². The zero-order chi connectivity index (χ0) is 13.9. The maximum absolute atomic E-state index is 13.1. The minimum absolute atomic E-state index is 0.0401. The van der Waals surface area contributed by atoms with Crippen molar-refractivity contribution >= 4 is 10.0 Å². The zero-order valence-electron chi connectivity index (χ0n) is 10.9. The minimum atomic E-state index is -3.60. The van der Waals surface area contributed by atoms with Gasteiger partial charge in [-0.25, -0.2) is 12.8 Å². The fourth-order valence-corrected chi connectivity index (χ4v) is 3.93. The molecule has 1 aliphatic rings. The molecule has 1 saturated heterocycles. The third kappa shape index (κ3) is 3.06. The molecule has 0 amide bonds. The lowest BCUT2D eigenvalue weighted by Crippen LogP contribution is -2.32. The van der Waals surface area contributed by atoms with Gasteiger partial charge in [-0.1, -0.05) is 12.8 Å². The summed E-state index contributed by atoms with van der Waals surface area (Å²) in [6.07, 6.45) is 3.82.